The second-order valence-corrected chi connectivity index (χ2v) is 5.88. The molecule has 110 valence electrons. The summed E-state index contributed by atoms with van der Waals surface area (Å²) >= 11 is 12.7. The molecular weight excluding hydrogens is 335 g/mol. The van der Waals surface area contributed by atoms with Crippen molar-refractivity contribution in [2.24, 2.45) is 0 Å². The topological polar surface area (TPSA) is 68.3 Å². The first-order valence-corrected chi connectivity index (χ1v) is 7.30. The molecule has 0 aliphatic carbocycles. The molecule has 2 aromatic rings. The van der Waals surface area contributed by atoms with Gasteiger partial charge in [-0.2, -0.15) is 0 Å². The van der Waals surface area contributed by atoms with Crippen LogP contribution in [0.4, 0.5) is 5.00 Å². The Morgan fingerprint density at radius 2 is 2.05 bits per heavy atom. The highest BCUT2D eigenvalue weighted by molar-refractivity contribution is 7.18. The van der Waals surface area contributed by atoms with E-state index in [4.69, 9.17) is 23.2 Å². The van der Waals surface area contributed by atoms with Crippen molar-refractivity contribution in [3.8, 4) is 0 Å². The van der Waals surface area contributed by atoms with Crippen molar-refractivity contribution in [1.82, 2.24) is 4.98 Å². The van der Waals surface area contributed by atoms with E-state index < -0.39 is 11.9 Å². The molecule has 0 unspecified atom stereocenters. The molecule has 2 heterocycles. The van der Waals surface area contributed by atoms with Gasteiger partial charge in [0.1, 0.15) is 10.0 Å². The highest BCUT2D eigenvalue weighted by Crippen LogP contribution is 2.28. The molecule has 1 amide bonds. The van der Waals surface area contributed by atoms with E-state index in [9.17, 15) is 9.59 Å². The Morgan fingerprint density at radius 3 is 2.67 bits per heavy atom. The number of esters is 1. The average molecular weight is 345 g/mol. The van der Waals surface area contributed by atoms with Crippen LogP contribution in [0.3, 0.4) is 0 Å². The lowest BCUT2D eigenvalue weighted by Gasteiger charge is -2.03. The number of rotatable bonds is 3. The Bertz CT molecular complexity index is 715. The van der Waals surface area contributed by atoms with E-state index in [1.54, 1.807) is 13.0 Å². The van der Waals surface area contributed by atoms with Crippen LogP contribution in [0, 0.1) is 6.92 Å². The van der Waals surface area contributed by atoms with E-state index in [-0.39, 0.29) is 15.7 Å². The maximum absolute atomic E-state index is 12.1. The molecule has 0 aromatic carbocycles. The van der Waals surface area contributed by atoms with E-state index in [0.29, 0.717) is 9.88 Å². The summed E-state index contributed by atoms with van der Waals surface area (Å²) in [5.74, 6) is -0.826. The molecule has 0 spiro atoms. The molecule has 5 nitrogen and oxygen atoms in total. The third kappa shape index (κ3) is 3.53. The fourth-order valence-electron chi connectivity index (χ4n) is 1.57. The SMILES string of the molecule is COC(=O)c1sc(NC(=O)c2cnc(Cl)c(Cl)c2)cc1C. The maximum Gasteiger partial charge on any atom is 0.348 e. The molecule has 0 aliphatic heterocycles. The first-order chi connectivity index (χ1) is 9.92. The maximum atomic E-state index is 12.1. The molecule has 21 heavy (non-hydrogen) atoms. The lowest BCUT2D eigenvalue weighted by Crippen LogP contribution is -2.11. The van der Waals surface area contributed by atoms with E-state index in [1.807, 2.05) is 0 Å². The smallest absolute Gasteiger partial charge is 0.348 e. The van der Waals surface area contributed by atoms with Crippen molar-refractivity contribution in [2.75, 3.05) is 12.4 Å². The van der Waals surface area contributed by atoms with Crippen molar-refractivity contribution >= 4 is 51.4 Å². The minimum absolute atomic E-state index is 0.133. The monoisotopic (exact) mass is 344 g/mol. The molecule has 8 heteroatoms. The Labute approximate surface area is 134 Å². The van der Waals surface area contributed by atoms with E-state index in [1.165, 1.54) is 19.4 Å². The number of halogens is 2. The summed E-state index contributed by atoms with van der Waals surface area (Å²) in [5, 5.41) is 3.54. The number of pyridine rings is 1. The summed E-state index contributed by atoms with van der Waals surface area (Å²) in [6.07, 6.45) is 1.32. The van der Waals surface area contributed by atoms with Crippen LogP contribution in [0.5, 0.6) is 0 Å². The number of amides is 1. The molecular formula is C13H10Cl2N2O3S. The van der Waals surface area contributed by atoms with E-state index in [0.717, 1.165) is 16.9 Å². The summed E-state index contributed by atoms with van der Waals surface area (Å²) in [6.45, 7) is 1.76. The number of ether oxygens (including phenoxy) is 1. The number of thiophene rings is 1. The fourth-order valence-corrected chi connectivity index (χ4v) is 2.82. The predicted molar refractivity (Wildman–Crippen MR) is 82.6 cm³/mol. The van der Waals surface area contributed by atoms with Crippen LogP contribution >= 0.6 is 34.5 Å². The van der Waals surface area contributed by atoms with E-state index >= 15 is 0 Å². The van der Waals surface area contributed by atoms with Gasteiger partial charge in [0, 0.05) is 6.20 Å². The normalized spacial score (nSPS) is 10.3. The molecule has 0 radical (unpaired) electrons. The number of nitrogens with one attached hydrogen (secondary N) is 1. The molecule has 1 N–H and O–H groups in total. The Morgan fingerprint density at radius 1 is 1.33 bits per heavy atom. The molecule has 2 aromatic heterocycles. The van der Waals surface area contributed by atoms with Gasteiger partial charge >= 0.3 is 5.97 Å². The number of hydrogen-bond acceptors (Lipinski definition) is 5. The number of carbonyl (C=O) groups is 2. The van der Waals surface area contributed by atoms with Crippen LogP contribution < -0.4 is 5.32 Å². The summed E-state index contributed by atoms with van der Waals surface area (Å²) in [5.41, 5.74) is 1.00. The second kappa shape index (κ2) is 6.43. The number of aryl methyl sites for hydroxylation is 1. The van der Waals surface area contributed by atoms with Crippen molar-refractivity contribution in [2.45, 2.75) is 6.92 Å². The van der Waals surface area contributed by atoms with Crippen LogP contribution in [-0.4, -0.2) is 24.0 Å². The number of nitrogens with zero attached hydrogens (tertiary/aromatic N) is 1. The second-order valence-electron chi connectivity index (χ2n) is 4.07. The summed E-state index contributed by atoms with van der Waals surface area (Å²) in [4.78, 5) is 27.8. The van der Waals surface area contributed by atoms with Gasteiger partial charge in [0.25, 0.3) is 5.91 Å². The highest BCUT2D eigenvalue weighted by Gasteiger charge is 2.16. The van der Waals surface area contributed by atoms with Gasteiger partial charge in [0.15, 0.2) is 0 Å². The number of aromatic nitrogens is 1. The van der Waals surface area contributed by atoms with E-state index in [2.05, 4.69) is 15.0 Å². The van der Waals surface area contributed by atoms with Crippen molar-refractivity contribution in [3.05, 3.63) is 44.5 Å². The molecule has 0 aliphatic rings. The van der Waals surface area contributed by atoms with Gasteiger partial charge in [-0.1, -0.05) is 23.2 Å². The van der Waals surface area contributed by atoms with Crippen LogP contribution in [0.2, 0.25) is 10.2 Å². The van der Waals surface area contributed by atoms with Crippen LogP contribution in [0.1, 0.15) is 25.6 Å². The number of carbonyl (C=O) groups excluding carboxylic acids is 2. The number of methoxy groups -OCH3 is 1. The standard InChI is InChI=1S/C13H10Cl2N2O3S/c1-6-3-9(21-10(6)13(19)20-2)17-12(18)7-4-8(14)11(15)16-5-7/h3-5H,1-2H3,(H,17,18). The summed E-state index contributed by atoms with van der Waals surface area (Å²) in [6, 6.07) is 3.12. The minimum atomic E-state index is -0.436. The Kier molecular flexibility index (Phi) is 4.82. The third-order valence-electron chi connectivity index (χ3n) is 2.58. The quantitative estimate of drug-likeness (QED) is 0.679. The van der Waals surface area contributed by atoms with Crippen molar-refractivity contribution in [3.63, 3.8) is 0 Å². The lowest BCUT2D eigenvalue weighted by atomic mass is 10.2. The first-order valence-electron chi connectivity index (χ1n) is 5.73. The van der Waals surface area contributed by atoms with Gasteiger partial charge in [-0.25, -0.2) is 9.78 Å². The number of hydrogen-bond donors (Lipinski definition) is 1. The highest BCUT2D eigenvalue weighted by atomic mass is 35.5. The number of anilines is 1. The minimum Gasteiger partial charge on any atom is -0.465 e. The molecule has 0 bridgehead atoms. The largest absolute Gasteiger partial charge is 0.465 e. The Balaban J connectivity index is 2.19. The Hall–Kier alpha value is -1.63. The van der Waals surface area contributed by atoms with Crippen LogP contribution in [0.15, 0.2) is 18.3 Å². The van der Waals surface area contributed by atoms with Crippen LogP contribution in [0.25, 0.3) is 0 Å². The first kappa shape index (κ1) is 15.8. The zero-order valence-electron chi connectivity index (χ0n) is 11.1. The fraction of sp³-hybridized carbons (Fsp3) is 0.154. The molecule has 0 saturated carbocycles. The predicted octanol–water partition coefficient (Wildman–Crippen LogP) is 3.80. The van der Waals surface area contributed by atoms with Gasteiger partial charge in [-0.05, 0) is 24.6 Å². The van der Waals surface area contributed by atoms with Crippen molar-refractivity contribution in [1.29, 1.82) is 0 Å². The molecule has 0 fully saturated rings. The summed E-state index contributed by atoms with van der Waals surface area (Å²) < 4.78 is 4.67. The van der Waals surface area contributed by atoms with Gasteiger partial charge in [-0.3, -0.25) is 4.79 Å². The van der Waals surface area contributed by atoms with Gasteiger partial charge in [0.2, 0.25) is 0 Å². The lowest BCUT2D eigenvalue weighted by molar-refractivity contribution is 0.0605. The molecule has 2 rings (SSSR count). The van der Waals surface area contributed by atoms with Crippen LogP contribution in [-0.2, 0) is 4.74 Å². The van der Waals surface area contributed by atoms with Gasteiger partial charge in [-0.15, -0.1) is 11.3 Å². The zero-order valence-corrected chi connectivity index (χ0v) is 13.4. The third-order valence-corrected chi connectivity index (χ3v) is 4.40. The van der Waals surface area contributed by atoms with Gasteiger partial charge < -0.3 is 10.1 Å². The summed E-state index contributed by atoms with van der Waals surface area (Å²) in [7, 11) is 1.31. The van der Waals surface area contributed by atoms with Gasteiger partial charge in [0.05, 0.1) is 22.7 Å². The molecule has 0 atom stereocenters. The molecule has 0 saturated heterocycles. The van der Waals surface area contributed by atoms with Crippen molar-refractivity contribution < 1.29 is 14.3 Å². The average Bonchev–Trinajstić information content (AvgIpc) is 2.81. The zero-order chi connectivity index (χ0) is 15.6.